The highest BCUT2D eigenvalue weighted by molar-refractivity contribution is 7.09. The zero-order valence-electron chi connectivity index (χ0n) is 15.7. The van der Waals surface area contributed by atoms with E-state index in [9.17, 15) is 19.7 Å². The average molecular weight is 401 g/mol. The van der Waals surface area contributed by atoms with E-state index in [1.807, 2.05) is 11.4 Å². The number of rotatable bonds is 6. The van der Waals surface area contributed by atoms with Crippen LogP contribution in [0.25, 0.3) is 0 Å². The molecule has 2 heterocycles. The second-order valence-electron chi connectivity index (χ2n) is 6.95. The number of thiophene rings is 1. The minimum Gasteiger partial charge on any atom is -0.355 e. The molecule has 2 aromatic rings. The zero-order valence-corrected chi connectivity index (χ0v) is 16.5. The van der Waals surface area contributed by atoms with E-state index in [2.05, 4.69) is 11.4 Å². The molecule has 28 heavy (non-hydrogen) atoms. The third kappa shape index (κ3) is 4.75. The summed E-state index contributed by atoms with van der Waals surface area (Å²) in [5.74, 6) is -0.171. The molecule has 8 heteroatoms. The van der Waals surface area contributed by atoms with Gasteiger partial charge in [0.25, 0.3) is 11.6 Å². The number of carbonyl (C=O) groups is 2. The van der Waals surface area contributed by atoms with Crippen LogP contribution in [-0.4, -0.2) is 41.3 Å². The molecule has 0 saturated carbocycles. The maximum Gasteiger partial charge on any atom is 0.272 e. The van der Waals surface area contributed by atoms with Crippen LogP contribution in [0.2, 0.25) is 0 Å². The molecule has 1 aromatic heterocycles. The average Bonchev–Trinajstić information content (AvgIpc) is 3.20. The Balaban J connectivity index is 1.49. The molecule has 148 valence electrons. The molecule has 0 atom stereocenters. The highest BCUT2D eigenvalue weighted by Crippen LogP contribution is 2.23. The van der Waals surface area contributed by atoms with Crippen LogP contribution in [0.5, 0.6) is 0 Å². The molecular weight excluding hydrogens is 378 g/mol. The third-order valence-electron chi connectivity index (χ3n) is 5.04. The number of piperidine rings is 1. The Morgan fingerprint density at radius 1 is 1.29 bits per heavy atom. The van der Waals surface area contributed by atoms with E-state index in [0.29, 0.717) is 43.6 Å². The van der Waals surface area contributed by atoms with Crippen molar-refractivity contribution < 1.29 is 14.5 Å². The monoisotopic (exact) mass is 401 g/mol. The van der Waals surface area contributed by atoms with E-state index in [1.54, 1.807) is 29.2 Å². The second-order valence-corrected chi connectivity index (χ2v) is 7.98. The summed E-state index contributed by atoms with van der Waals surface area (Å²) in [7, 11) is 0. The fraction of sp³-hybridized carbons (Fsp3) is 0.400. The lowest BCUT2D eigenvalue weighted by atomic mass is 9.95. The Morgan fingerprint density at radius 3 is 2.64 bits per heavy atom. The lowest BCUT2D eigenvalue weighted by Gasteiger charge is -2.31. The molecule has 0 unspecified atom stereocenters. The van der Waals surface area contributed by atoms with Gasteiger partial charge in [-0.15, -0.1) is 11.3 Å². The topological polar surface area (TPSA) is 92.6 Å². The first kappa shape index (κ1) is 20.0. The number of aryl methyl sites for hydroxylation is 1. The Labute approximate surface area is 167 Å². The summed E-state index contributed by atoms with van der Waals surface area (Å²) < 4.78 is 0. The van der Waals surface area contributed by atoms with Gasteiger partial charge in [0.05, 0.1) is 4.92 Å². The molecule has 0 bridgehead atoms. The molecule has 2 amide bonds. The number of nitro groups is 1. The van der Waals surface area contributed by atoms with Gasteiger partial charge in [-0.05, 0) is 49.8 Å². The predicted octanol–water partition coefficient (Wildman–Crippen LogP) is 3.18. The number of nitrogens with one attached hydrogen (secondary N) is 1. The van der Waals surface area contributed by atoms with E-state index in [4.69, 9.17) is 0 Å². The SMILES string of the molecule is Cc1cc(C(=O)N2CCC(C(=O)NCCc3cccs3)CC2)ccc1[N+](=O)[O-]. The van der Waals surface area contributed by atoms with Gasteiger partial charge < -0.3 is 10.2 Å². The predicted molar refractivity (Wildman–Crippen MR) is 107 cm³/mol. The van der Waals surface area contributed by atoms with E-state index >= 15 is 0 Å². The molecule has 1 aliphatic rings. The van der Waals surface area contributed by atoms with Gasteiger partial charge in [-0.1, -0.05) is 6.07 Å². The van der Waals surface area contributed by atoms with E-state index in [1.165, 1.54) is 17.0 Å². The summed E-state index contributed by atoms with van der Waals surface area (Å²) in [5, 5.41) is 15.9. The smallest absolute Gasteiger partial charge is 0.272 e. The Hall–Kier alpha value is -2.74. The molecule has 1 saturated heterocycles. The van der Waals surface area contributed by atoms with Crippen LogP contribution < -0.4 is 5.32 Å². The van der Waals surface area contributed by atoms with Gasteiger partial charge in [0.15, 0.2) is 0 Å². The van der Waals surface area contributed by atoms with Gasteiger partial charge in [0.1, 0.15) is 0 Å². The van der Waals surface area contributed by atoms with Crippen LogP contribution in [0.1, 0.15) is 33.6 Å². The van der Waals surface area contributed by atoms with Gasteiger partial charge in [-0.2, -0.15) is 0 Å². The normalized spacial score (nSPS) is 14.7. The van der Waals surface area contributed by atoms with Gasteiger partial charge in [-0.3, -0.25) is 19.7 Å². The van der Waals surface area contributed by atoms with Gasteiger partial charge >= 0.3 is 0 Å². The molecule has 1 aromatic carbocycles. The largest absolute Gasteiger partial charge is 0.355 e. The lowest BCUT2D eigenvalue weighted by Crippen LogP contribution is -2.43. The molecular formula is C20H23N3O4S. The van der Waals surface area contributed by atoms with E-state index in [-0.39, 0.29) is 23.4 Å². The number of likely N-dealkylation sites (tertiary alicyclic amines) is 1. The Morgan fingerprint density at radius 2 is 2.04 bits per heavy atom. The first-order valence-corrected chi connectivity index (χ1v) is 10.2. The molecule has 3 rings (SSSR count). The van der Waals surface area contributed by atoms with Crippen molar-refractivity contribution in [1.29, 1.82) is 0 Å². The van der Waals surface area contributed by atoms with Gasteiger partial charge in [-0.25, -0.2) is 0 Å². The maximum absolute atomic E-state index is 12.7. The molecule has 0 spiro atoms. The van der Waals surface area contributed by atoms with Crippen LogP contribution >= 0.6 is 11.3 Å². The van der Waals surface area contributed by atoms with Gasteiger partial charge in [0.2, 0.25) is 5.91 Å². The molecule has 1 N–H and O–H groups in total. The van der Waals surface area contributed by atoms with Crippen molar-refractivity contribution in [3.05, 3.63) is 61.8 Å². The second kappa shape index (κ2) is 8.97. The summed E-state index contributed by atoms with van der Waals surface area (Å²) in [6, 6.07) is 8.48. The van der Waals surface area contributed by atoms with E-state index < -0.39 is 4.92 Å². The molecule has 0 radical (unpaired) electrons. The number of carbonyl (C=O) groups excluding carboxylic acids is 2. The fourth-order valence-corrected chi connectivity index (χ4v) is 4.14. The highest BCUT2D eigenvalue weighted by atomic mass is 32.1. The first-order chi connectivity index (χ1) is 13.5. The molecule has 1 fully saturated rings. The molecule has 7 nitrogen and oxygen atoms in total. The fourth-order valence-electron chi connectivity index (χ4n) is 3.43. The number of amides is 2. The van der Waals surface area contributed by atoms with Crippen LogP contribution in [0.15, 0.2) is 35.7 Å². The van der Waals surface area contributed by atoms with Crippen molar-refractivity contribution >= 4 is 28.8 Å². The maximum atomic E-state index is 12.7. The summed E-state index contributed by atoms with van der Waals surface area (Å²) in [6.07, 6.45) is 2.09. The Kier molecular flexibility index (Phi) is 6.41. The van der Waals surface area contributed by atoms with E-state index in [0.717, 1.165) is 6.42 Å². The third-order valence-corrected chi connectivity index (χ3v) is 5.98. The first-order valence-electron chi connectivity index (χ1n) is 9.30. The van der Waals surface area contributed by atoms with Crippen molar-refractivity contribution in [2.24, 2.45) is 5.92 Å². The Bertz CT molecular complexity index is 858. The van der Waals surface area contributed by atoms with Crippen molar-refractivity contribution in [2.45, 2.75) is 26.2 Å². The van der Waals surface area contributed by atoms with Crippen molar-refractivity contribution in [3.8, 4) is 0 Å². The van der Waals surface area contributed by atoms with Crippen molar-refractivity contribution in [3.63, 3.8) is 0 Å². The highest BCUT2D eigenvalue weighted by Gasteiger charge is 2.28. The van der Waals surface area contributed by atoms with Crippen molar-refractivity contribution in [2.75, 3.05) is 19.6 Å². The van der Waals surface area contributed by atoms with Crippen molar-refractivity contribution in [1.82, 2.24) is 10.2 Å². The zero-order chi connectivity index (χ0) is 20.1. The molecule has 1 aliphatic heterocycles. The van der Waals surface area contributed by atoms with Crippen LogP contribution in [0.4, 0.5) is 5.69 Å². The summed E-state index contributed by atoms with van der Waals surface area (Å²) >= 11 is 1.68. The quantitative estimate of drug-likeness (QED) is 0.594. The lowest BCUT2D eigenvalue weighted by molar-refractivity contribution is -0.385. The van der Waals surface area contributed by atoms with Crippen LogP contribution in [-0.2, 0) is 11.2 Å². The summed E-state index contributed by atoms with van der Waals surface area (Å²) in [4.78, 5) is 38.4. The number of hydrogen-bond acceptors (Lipinski definition) is 5. The molecule has 0 aliphatic carbocycles. The van der Waals surface area contributed by atoms with Crippen LogP contribution in [0.3, 0.4) is 0 Å². The number of nitro benzene ring substituents is 1. The standard InChI is InChI=1S/C20H23N3O4S/c1-14-13-16(4-5-18(14)23(26)27)20(25)22-10-7-15(8-11-22)19(24)21-9-6-17-3-2-12-28-17/h2-5,12-13,15H,6-11H2,1H3,(H,21,24). The minimum atomic E-state index is -0.452. The summed E-state index contributed by atoms with van der Waals surface area (Å²) in [5.41, 5.74) is 0.923. The minimum absolute atomic E-state index is 0.00878. The number of hydrogen-bond donors (Lipinski definition) is 1. The number of nitrogens with zero attached hydrogens (tertiary/aromatic N) is 2. The van der Waals surface area contributed by atoms with Gasteiger partial charge in [0, 0.05) is 47.6 Å². The number of benzene rings is 1. The summed E-state index contributed by atoms with van der Waals surface area (Å²) in [6.45, 7) is 3.28. The van der Waals surface area contributed by atoms with Crippen LogP contribution in [0, 0.1) is 23.0 Å².